The number of para-hydroxylation sites is 2. The third-order valence-electron chi connectivity index (χ3n) is 7.83. The fourth-order valence-electron chi connectivity index (χ4n) is 5.28. The number of rotatable bonds is 8. The molecule has 0 aliphatic rings. The first kappa shape index (κ1) is 27.0. The van der Waals surface area contributed by atoms with Crippen molar-refractivity contribution in [3.8, 4) is 11.4 Å². The molecule has 3 heterocycles. The summed E-state index contributed by atoms with van der Waals surface area (Å²) in [5.41, 5.74) is 7.16. The first-order chi connectivity index (χ1) is 20.4. The van der Waals surface area contributed by atoms with Crippen LogP contribution in [0.25, 0.3) is 11.4 Å². The van der Waals surface area contributed by atoms with Gasteiger partial charge in [-0.15, -0.1) is 0 Å². The van der Waals surface area contributed by atoms with Gasteiger partial charge in [-0.1, -0.05) is 56.3 Å². The smallest absolute Gasteiger partial charge is 0.141 e. The van der Waals surface area contributed by atoms with Crippen LogP contribution in [0.5, 0.6) is 0 Å². The monoisotopic (exact) mass is 550 g/mol. The average molecular weight is 551 g/mol. The third kappa shape index (κ3) is 5.27. The van der Waals surface area contributed by atoms with Crippen molar-refractivity contribution in [2.45, 2.75) is 19.3 Å². The van der Waals surface area contributed by atoms with Crippen LogP contribution >= 0.6 is 0 Å². The van der Waals surface area contributed by atoms with Crippen LogP contribution in [-0.2, 0) is 12.5 Å². The maximum atomic E-state index is 4.65. The summed E-state index contributed by atoms with van der Waals surface area (Å²) in [5.74, 6) is 1.77. The second-order valence-corrected chi connectivity index (χ2v) is 10.9. The summed E-state index contributed by atoms with van der Waals surface area (Å²) in [6, 6.07) is 36.0. The molecule has 0 atom stereocenters. The van der Waals surface area contributed by atoms with Gasteiger partial charge < -0.3 is 14.4 Å². The molecule has 6 rings (SSSR count). The molecular formula is C36H34N6. The predicted octanol–water partition coefficient (Wildman–Crippen LogP) is 8.44. The largest absolute Gasteiger partial charge is 0.334 e. The van der Waals surface area contributed by atoms with Crippen LogP contribution < -0.4 is 9.80 Å². The molecule has 0 saturated heterocycles. The standard InChI is InChI=1S/C36H34N6/c1-36(2,29-21-27(25-37-26-29)35-39-19-20-40(35)3)28-22-32(41(4)34-17-11-12-18-38-34)24-33(23-28)42(30-13-7-5-8-14-30)31-15-9-6-10-16-31/h5-26H,1-4H3. The van der Waals surface area contributed by atoms with Gasteiger partial charge in [0.15, 0.2) is 0 Å². The zero-order valence-electron chi connectivity index (χ0n) is 24.4. The summed E-state index contributed by atoms with van der Waals surface area (Å²) in [7, 11) is 4.07. The quantitative estimate of drug-likeness (QED) is 0.190. The van der Waals surface area contributed by atoms with E-state index in [1.54, 1.807) is 0 Å². The van der Waals surface area contributed by atoms with Crippen molar-refractivity contribution >= 4 is 28.6 Å². The van der Waals surface area contributed by atoms with E-state index in [9.17, 15) is 0 Å². The fourth-order valence-corrected chi connectivity index (χ4v) is 5.28. The molecule has 6 heteroatoms. The van der Waals surface area contributed by atoms with Gasteiger partial charge in [0.2, 0.25) is 0 Å². The highest BCUT2D eigenvalue weighted by Crippen LogP contribution is 2.42. The second kappa shape index (κ2) is 11.3. The fraction of sp³-hybridized carbons (Fsp3) is 0.139. The van der Waals surface area contributed by atoms with Crippen LogP contribution in [0.3, 0.4) is 0 Å². The van der Waals surface area contributed by atoms with Crippen molar-refractivity contribution < 1.29 is 0 Å². The lowest BCUT2D eigenvalue weighted by atomic mass is 9.78. The van der Waals surface area contributed by atoms with Gasteiger partial charge >= 0.3 is 0 Å². The molecule has 3 aromatic heterocycles. The number of anilines is 5. The number of hydrogen-bond donors (Lipinski definition) is 0. The Bertz CT molecular complexity index is 1740. The van der Waals surface area contributed by atoms with Gasteiger partial charge in [0.1, 0.15) is 11.6 Å². The molecule has 42 heavy (non-hydrogen) atoms. The molecule has 208 valence electrons. The van der Waals surface area contributed by atoms with Crippen molar-refractivity contribution in [3.05, 3.63) is 145 Å². The Morgan fingerprint density at radius 2 is 1.31 bits per heavy atom. The molecule has 3 aromatic carbocycles. The summed E-state index contributed by atoms with van der Waals surface area (Å²) in [6.45, 7) is 4.51. The highest BCUT2D eigenvalue weighted by molar-refractivity contribution is 5.80. The van der Waals surface area contributed by atoms with Crippen molar-refractivity contribution in [3.63, 3.8) is 0 Å². The molecule has 0 bridgehead atoms. The van der Waals surface area contributed by atoms with Crippen LogP contribution in [0.15, 0.2) is 134 Å². The normalized spacial score (nSPS) is 11.3. The Kier molecular flexibility index (Phi) is 7.28. The molecule has 0 fully saturated rings. The topological polar surface area (TPSA) is 50.1 Å². The zero-order valence-corrected chi connectivity index (χ0v) is 24.4. The molecule has 6 aromatic rings. The van der Waals surface area contributed by atoms with Gasteiger partial charge in [-0.05, 0) is 71.8 Å². The maximum absolute atomic E-state index is 4.65. The summed E-state index contributed by atoms with van der Waals surface area (Å²) < 4.78 is 2.02. The highest BCUT2D eigenvalue weighted by atomic mass is 15.2. The van der Waals surface area contributed by atoms with Crippen LogP contribution in [0, 0.1) is 0 Å². The minimum atomic E-state index is -0.372. The molecule has 0 aliphatic heterocycles. The number of imidazole rings is 1. The van der Waals surface area contributed by atoms with E-state index in [1.165, 1.54) is 0 Å². The number of pyridine rings is 2. The van der Waals surface area contributed by atoms with Gasteiger partial charge in [0.25, 0.3) is 0 Å². The van der Waals surface area contributed by atoms with Crippen LogP contribution in [-0.4, -0.2) is 26.6 Å². The second-order valence-electron chi connectivity index (χ2n) is 10.9. The van der Waals surface area contributed by atoms with E-state index in [2.05, 4.69) is 118 Å². The lowest BCUT2D eigenvalue weighted by Crippen LogP contribution is -2.22. The summed E-state index contributed by atoms with van der Waals surface area (Å²) >= 11 is 0. The molecule has 0 aliphatic carbocycles. The molecular weight excluding hydrogens is 516 g/mol. The lowest BCUT2D eigenvalue weighted by Gasteiger charge is -2.32. The minimum Gasteiger partial charge on any atom is -0.334 e. The summed E-state index contributed by atoms with van der Waals surface area (Å²) in [5, 5.41) is 0. The number of hydrogen-bond acceptors (Lipinski definition) is 5. The van der Waals surface area contributed by atoms with Crippen LogP contribution in [0.4, 0.5) is 28.6 Å². The number of aryl methyl sites for hydroxylation is 1. The molecule has 0 radical (unpaired) electrons. The number of aromatic nitrogens is 4. The van der Waals surface area contributed by atoms with Crippen molar-refractivity contribution in [2.75, 3.05) is 16.8 Å². The van der Waals surface area contributed by atoms with Crippen LogP contribution in [0.2, 0.25) is 0 Å². The van der Waals surface area contributed by atoms with Crippen LogP contribution in [0.1, 0.15) is 25.0 Å². The first-order valence-electron chi connectivity index (χ1n) is 14.1. The third-order valence-corrected chi connectivity index (χ3v) is 7.83. The average Bonchev–Trinajstić information content (AvgIpc) is 3.48. The van der Waals surface area contributed by atoms with E-state index in [0.29, 0.717) is 0 Å². The van der Waals surface area contributed by atoms with E-state index >= 15 is 0 Å². The van der Waals surface area contributed by atoms with E-state index in [1.807, 2.05) is 72.9 Å². The lowest BCUT2D eigenvalue weighted by molar-refractivity contribution is 0.637. The SMILES string of the molecule is CN(c1cc(N(c2ccccc2)c2ccccc2)cc(C(C)(C)c2cncc(-c3nccn3C)c2)c1)c1ccccn1. The Balaban J connectivity index is 1.54. The minimum absolute atomic E-state index is 0.372. The Morgan fingerprint density at radius 3 is 1.93 bits per heavy atom. The molecule has 0 saturated carbocycles. The van der Waals surface area contributed by atoms with Gasteiger partial charge in [0.05, 0.1) is 0 Å². The molecule has 6 nitrogen and oxygen atoms in total. The van der Waals surface area contributed by atoms with Crippen molar-refractivity contribution in [1.29, 1.82) is 0 Å². The van der Waals surface area contributed by atoms with Crippen molar-refractivity contribution in [1.82, 2.24) is 19.5 Å². The zero-order chi connectivity index (χ0) is 29.1. The van der Waals surface area contributed by atoms with Crippen molar-refractivity contribution in [2.24, 2.45) is 7.05 Å². The molecule has 0 spiro atoms. The first-order valence-corrected chi connectivity index (χ1v) is 14.1. The van der Waals surface area contributed by atoms with Gasteiger partial charge in [-0.2, -0.15) is 0 Å². The molecule has 0 amide bonds. The van der Waals surface area contributed by atoms with E-state index in [-0.39, 0.29) is 5.41 Å². The molecule has 0 unspecified atom stereocenters. The predicted molar refractivity (Wildman–Crippen MR) is 172 cm³/mol. The van der Waals surface area contributed by atoms with E-state index in [0.717, 1.165) is 51.1 Å². The van der Waals surface area contributed by atoms with Gasteiger partial charge in [-0.25, -0.2) is 9.97 Å². The molecule has 0 N–H and O–H groups in total. The highest BCUT2D eigenvalue weighted by Gasteiger charge is 2.27. The Morgan fingerprint density at radius 1 is 0.643 bits per heavy atom. The van der Waals surface area contributed by atoms with E-state index < -0.39 is 0 Å². The summed E-state index contributed by atoms with van der Waals surface area (Å²) in [6.07, 6.45) is 9.45. The van der Waals surface area contributed by atoms with E-state index in [4.69, 9.17) is 0 Å². The Labute approximate surface area is 247 Å². The number of benzene rings is 3. The van der Waals surface area contributed by atoms with Gasteiger partial charge in [-0.3, -0.25) is 4.98 Å². The van der Waals surface area contributed by atoms with Gasteiger partial charge in [0, 0.05) is 78.8 Å². The Hall–Kier alpha value is -5.23. The summed E-state index contributed by atoms with van der Waals surface area (Å²) in [4.78, 5) is 18.3. The maximum Gasteiger partial charge on any atom is 0.141 e. The number of nitrogens with zero attached hydrogens (tertiary/aromatic N) is 6.